The number of ether oxygens (including phenoxy) is 1. The third kappa shape index (κ3) is 5.12. The molecule has 1 aliphatic rings. The Kier molecular flexibility index (Phi) is 6.19. The lowest BCUT2D eigenvalue weighted by Crippen LogP contribution is -2.44. The molecule has 1 aromatic rings. The van der Waals surface area contributed by atoms with Gasteiger partial charge in [-0.05, 0) is 38.2 Å². The molecule has 0 aliphatic heterocycles. The number of hydrogen-bond donors (Lipinski definition) is 3. The highest BCUT2D eigenvalue weighted by Crippen LogP contribution is 2.24. The Labute approximate surface area is 135 Å². The molecule has 1 fully saturated rings. The number of carbonyl (C=O) groups is 2. The fourth-order valence-corrected chi connectivity index (χ4v) is 2.83. The molecule has 0 unspecified atom stereocenters. The predicted molar refractivity (Wildman–Crippen MR) is 84.4 cm³/mol. The van der Waals surface area contributed by atoms with Crippen molar-refractivity contribution in [3.8, 4) is 5.88 Å². The lowest BCUT2D eigenvalue weighted by Gasteiger charge is -2.26. The quantitative estimate of drug-likeness (QED) is 0.738. The van der Waals surface area contributed by atoms with Gasteiger partial charge in [-0.2, -0.15) is 0 Å². The maximum atomic E-state index is 11.9. The van der Waals surface area contributed by atoms with Crippen LogP contribution >= 0.6 is 0 Å². The molecule has 7 nitrogen and oxygen atoms in total. The first kappa shape index (κ1) is 17.1. The van der Waals surface area contributed by atoms with E-state index in [2.05, 4.69) is 15.6 Å². The van der Waals surface area contributed by atoms with Crippen LogP contribution in [-0.4, -0.2) is 41.8 Å². The molecule has 0 atom stereocenters. The second-order valence-electron chi connectivity index (χ2n) is 5.71. The second kappa shape index (κ2) is 8.36. The van der Waals surface area contributed by atoms with Gasteiger partial charge in [-0.1, -0.05) is 6.07 Å². The zero-order chi connectivity index (χ0) is 16.7. The third-order valence-electron chi connectivity index (χ3n) is 4.13. The van der Waals surface area contributed by atoms with Gasteiger partial charge in [0.25, 0.3) is 0 Å². The summed E-state index contributed by atoms with van der Waals surface area (Å²) in [4.78, 5) is 26.9. The standard InChI is InChI=1S/C16H23N3O4/c1-23-14-11(3-2-9-17-14)8-10-18-16(22)19-13-6-4-12(5-7-13)15(20)21/h2-3,9,12-13H,4-8,10H2,1H3,(H,20,21)(H2,18,19,22). The Morgan fingerprint density at radius 2 is 2.09 bits per heavy atom. The average molecular weight is 321 g/mol. The van der Waals surface area contributed by atoms with Crippen LogP contribution in [0.2, 0.25) is 0 Å². The van der Waals surface area contributed by atoms with Crippen LogP contribution in [0.15, 0.2) is 18.3 Å². The highest BCUT2D eigenvalue weighted by molar-refractivity contribution is 5.74. The molecule has 126 valence electrons. The van der Waals surface area contributed by atoms with E-state index in [4.69, 9.17) is 9.84 Å². The van der Waals surface area contributed by atoms with Crippen LogP contribution in [0.25, 0.3) is 0 Å². The topological polar surface area (TPSA) is 101 Å². The number of rotatable bonds is 6. The maximum absolute atomic E-state index is 11.9. The Balaban J connectivity index is 1.69. The fourth-order valence-electron chi connectivity index (χ4n) is 2.83. The number of aliphatic carboxylic acids is 1. The Hall–Kier alpha value is -2.31. The highest BCUT2D eigenvalue weighted by atomic mass is 16.5. The summed E-state index contributed by atoms with van der Waals surface area (Å²) in [5, 5.41) is 14.7. The molecule has 0 bridgehead atoms. The number of nitrogens with one attached hydrogen (secondary N) is 2. The lowest BCUT2D eigenvalue weighted by atomic mass is 9.86. The van der Waals surface area contributed by atoms with Crippen molar-refractivity contribution in [2.24, 2.45) is 5.92 Å². The van der Waals surface area contributed by atoms with Crippen molar-refractivity contribution in [3.63, 3.8) is 0 Å². The summed E-state index contributed by atoms with van der Waals surface area (Å²) < 4.78 is 5.17. The van der Waals surface area contributed by atoms with Crippen LogP contribution in [-0.2, 0) is 11.2 Å². The third-order valence-corrected chi connectivity index (χ3v) is 4.13. The largest absolute Gasteiger partial charge is 0.481 e. The van der Waals surface area contributed by atoms with Gasteiger partial charge in [0.1, 0.15) is 0 Å². The van der Waals surface area contributed by atoms with Gasteiger partial charge in [0.2, 0.25) is 5.88 Å². The number of carboxylic acids is 1. The van der Waals surface area contributed by atoms with Gasteiger partial charge < -0.3 is 20.5 Å². The van der Waals surface area contributed by atoms with E-state index < -0.39 is 5.97 Å². The van der Waals surface area contributed by atoms with Crippen molar-refractivity contribution in [1.29, 1.82) is 0 Å². The minimum absolute atomic E-state index is 0.0542. The Bertz CT molecular complexity index is 542. The number of carbonyl (C=O) groups excluding carboxylic acids is 1. The van der Waals surface area contributed by atoms with E-state index >= 15 is 0 Å². The van der Waals surface area contributed by atoms with E-state index in [-0.39, 0.29) is 18.0 Å². The Morgan fingerprint density at radius 3 is 2.74 bits per heavy atom. The summed E-state index contributed by atoms with van der Waals surface area (Å²) in [7, 11) is 1.57. The fraction of sp³-hybridized carbons (Fsp3) is 0.562. The minimum atomic E-state index is -0.738. The summed E-state index contributed by atoms with van der Waals surface area (Å²) in [5.74, 6) is -0.436. The average Bonchev–Trinajstić information content (AvgIpc) is 2.55. The molecular formula is C16H23N3O4. The summed E-state index contributed by atoms with van der Waals surface area (Å²) >= 11 is 0. The monoisotopic (exact) mass is 321 g/mol. The molecule has 0 spiro atoms. The van der Waals surface area contributed by atoms with Gasteiger partial charge >= 0.3 is 12.0 Å². The first-order valence-electron chi connectivity index (χ1n) is 7.85. The normalized spacial score (nSPS) is 20.6. The molecular weight excluding hydrogens is 298 g/mol. The van der Waals surface area contributed by atoms with Crippen molar-refractivity contribution in [2.75, 3.05) is 13.7 Å². The molecule has 23 heavy (non-hydrogen) atoms. The first-order valence-corrected chi connectivity index (χ1v) is 7.85. The highest BCUT2D eigenvalue weighted by Gasteiger charge is 2.26. The molecule has 0 aromatic carbocycles. The van der Waals surface area contributed by atoms with E-state index in [1.54, 1.807) is 13.3 Å². The van der Waals surface area contributed by atoms with Gasteiger partial charge in [-0.25, -0.2) is 9.78 Å². The zero-order valence-corrected chi connectivity index (χ0v) is 13.2. The summed E-state index contributed by atoms with van der Waals surface area (Å²) in [6.45, 7) is 0.484. The van der Waals surface area contributed by atoms with Crippen LogP contribution in [0.4, 0.5) is 4.79 Å². The smallest absolute Gasteiger partial charge is 0.315 e. The number of nitrogens with zero attached hydrogens (tertiary/aromatic N) is 1. The van der Waals surface area contributed by atoms with Gasteiger partial charge in [0.15, 0.2) is 0 Å². The summed E-state index contributed by atoms with van der Waals surface area (Å²) in [5.41, 5.74) is 0.942. The summed E-state index contributed by atoms with van der Waals surface area (Å²) in [6.07, 6.45) is 4.95. The molecule has 1 saturated carbocycles. The van der Waals surface area contributed by atoms with Crippen molar-refractivity contribution < 1.29 is 19.4 Å². The van der Waals surface area contributed by atoms with E-state index in [1.807, 2.05) is 12.1 Å². The molecule has 2 rings (SSSR count). The predicted octanol–water partition coefficient (Wildman–Crippen LogP) is 1.58. The second-order valence-corrected chi connectivity index (χ2v) is 5.71. The SMILES string of the molecule is COc1ncccc1CCNC(=O)NC1CCC(C(=O)O)CC1. The van der Waals surface area contributed by atoms with E-state index in [0.29, 0.717) is 44.5 Å². The number of carboxylic acid groups (broad SMARTS) is 1. The Morgan fingerprint density at radius 1 is 1.35 bits per heavy atom. The molecule has 3 N–H and O–H groups in total. The summed E-state index contributed by atoms with van der Waals surface area (Å²) in [6, 6.07) is 3.59. The molecule has 2 amide bonds. The van der Waals surface area contributed by atoms with E-state index in [0.717, 1.165) is 5.56 Å². The van der Waals surface area contributed by atoms with E-state index in [1.165, 1.54) is 0 Å². The number of urea groups is 1. The molecule has 0 saturated heterocycles. The molecule has 1 heterocycles. The lowest BCUT2D eigenvalue weighted by molar-refractivity contribution is -0.142. The van der Waals surface area contributed by atoms with Crippen molar-refractivity contribution >= 4 is 12.0 Å². The van der Waals surface area contributed by atoms with Crippen LogP contribution < -0.4 is 15.4 Å². The van der Waals surface area contributed by atoms with Gasteiger partial charge in [-0.3, -0.25) is 4.79 Å². The van der Waals surface area contributed by atoms with Crippen LogP contribution in [0.1, 0.15) is 31.2 Å². The first-order chi connectivity index (χ1) is 11.1. The number of methoxy groups -OCH3 is 1. The minimum Gasteiger partial charge on any atom is -0.481 e. The maximum Gasteiger partial charge on any atom is 0.315 e. The molecule has 7 heteroatoms. The van der Waals surface area contributed by atoms with Crippen molar-refractivity contribution in [3.05, 3.63) is 23.9 Å². The van der Waals surface area contributed by atoms with Gasteiger partial charge in [-0.15, -0.1) is 0 Å². The van der Waals surface area contributed by atoms with Crippen LogP contribution in [0.3, 0.4) is 0 Å². The number of amides is 2. The van der Waals surface area contributed by atoms with Crippen molar-refractivity contribution in [2.45, 2.75) is 38.1 Å². The number of hydrogen-bond acceptors (Lipinski definition) is 4. The number of pyridine rings is 1. The zero-order valence-electron chi connectivity index (χ0n) is 13.2. The molecule has 0 radical (unpaired) electrons. The van der Waals surface area contributed by atoms with Crippen LogP contribution in [0, 0.1) is 5.92 Å². The van der Waals surface area contributed by atoms with E-state index in [9.17, 15) is 9.59 Å². The molecule has 1 aliphatic carbocycles. The van der Waals surface area contributed by atoms with Crippen molar-refractivity contribution in [1.82, 2.24) is 15.6 Å². The van der Waals surface area contributed by atoms with Gasteiger partial charge in [0.05, 0.1) is 13.0 Å². The van der Waals surface area contributed by atoms with Gasteiger partial charge in [0, 0.05) is 24.3 Å². The van der Waals surface area contributed by atoms with Crippen LogP contribution in [0.5, 0.6) is 5.88 Å². The number of aromatic nitrogens is 1. The molecule has 1 aromatic heterocycles.